The lowest BCUT2D eigenvalue weighted by Crippen LogP contribution is -2.27. The van der Waals surface area contributed by atoms with Gasteiger partial charge in [0, 0.05) is 17.5 Å². The van der Waals surface area contributed by atoms with E-state index in [0.717, 1.165) is 82.4 Å². The second-order valence-electron chi connectivity index (χ2n) is 11.8. The van der Waals surface area contributed by atoms with Crippen LogP contribution in [0.4, 0.5) is 8.78 Å². The van der Waals surface area contributed by atoms with Crippen molar-refractivity contribution in [2.75, 3.05) is 13.2 Å². The van der Waals surface area contributed by atoms with Gasteiger partial charge in [-0.25, -0.2) is 13.6 Å². The van der Waals surface area contributed by atoms with Crippen LogP contribution >= 0.6 is 0 Å². The summed E-state index contributed by atoms with van der Waals surface area (Å²) in [6, 6.07) is 7.81. The van der Waals surface area contributed by atoms with E-state index in [2.05, 4.69) is 18.8 Å². The van der Waals surface area contributed by atoms with Gasteiger partial charge in [0.25, 0.3) is 0 Å². The van der Waals surface area contributed by atoms with Gasteiger partial charge in [-0.15, -0.1) is 0 Å². The Morgan fingerprint density at radius 1 is 0.902 bits per heavy atom. The van der Waals surface area contributed by atoms with Crippen molar-refractivity contribution in [3.05, 3.63) is 58.5 Å². The first-order chi connectivity index (χ1) is 19.5. The van der Waals surface area contributed by atoms with Crippen LogP contribution in [0.3, 0.4) is 0 Å². The number of rotatable bonds is 17. The molecule has 0 atom stereocenters. The topological polar surface area (TPSA) is 78.6 Å². The molecular formula is C33H43F2NO5. The van der Waals surface area contributed by atoms with Gasteiger partial charge in [-0.1, -0.05) is 52.4 Å². The Morgan fingerprint density at radius 2 is 1.51 bits per heavy atom. The molecule has 0 aliphatic rings. The SMILES string of the molecule is CC(C)CCC(C)(C)C(=O)OCCCCCCCCCCOc1ccc2cc(-c3cc(F)cc(F)c3)c(=O)oc2n1. The number of fused-ring (bicyclic) bond motifs is 1. The number of halogens is 2. The van der Waals surface area contributed by atoms with Gasteiger partial charge < -0.3 is 13.9 Å². The number of esters is 1. The molecule has 0 spiro atoms. The van der Waals surface area contributed by atoms with E-state index in [-0.39, 0.29) is 22.8 Å². The lowest BCUT2D eigenvalue weighted by atomic mass is 9.85. The molecule has 0 fully saturated rings. The van der Waals surface area contributed by atoms with Gasteiger partial charge in [0.15, 0.2) is 0 Å². The highest BCUT2D eigenvalue weighted by atomic mass is 19.1. The van der Waals surface area contributed by atoms with Crippen LogP contribution in [0.15, 0.2) is 45.6 Å². The van der Waals surface area contributed by atoms with Crippen LogP contribution in [0.2, 0.25) is 0 Å². The highest BCUT2D eigenvalue weighted by Crippen LogP contribution is 2.27. The second-order valence-corrected chi connectivity index (χ2v) is 11.8. The Kier molecular flexibility index (Phi) is 12.3. The molecule has 0 unspecified atom stereocenters. The summed E-state index contributed by atoms with van der Waals surface area (Å²) in [5.41, 5.74) is -0.860. The summed E-state index contributed by atoms with van der Waals surface area (Å²) < 4.78 is 43.7. The average Bonchev–Trinajstić information content (AvgIpc) is 2.91. The molecule has 2 heterocycles. The van der Waals surface area contributed by atoms with Crippen LogP contribution in [-0.2, 0) is 9.53 Å². The molecule has 0 amide bonds. The highest BCUT2D eigenvalue weighted by molar-refractivity contribution is 5.79. The zero-order chi connectivity index (χ0) is 29.8. The van der Waals surface area contributed by atoms with Crippen molar-refractivity contribution in [3.63, 3.8) is 0 Å². The van der Waals surface area contributed by atoms with E-state index >= 15 is 0 Å². The summed E-state index contributed by atoms with van der Waals surface area (Å²) in [5.74, 6) is -0.686. The summed E-state index contributed by atoms with van der Waals surface area (Å²) >= 11 is 0. The fourth-order valence-corrected chi connectivity index (χ4v) is 4.53. The molecule has 8 heteroatoms. The minimum Gasteiger partial charge on any atom is -0.478 e. The predicted octanol–water partition coefficient (Wildman–Crippen LogP) is 8.64. The number of aromatic nitrogens is 1. The maximum Gasteiger partial charge on any atom is 0.345 e. The number of carbonyl (C=O) groups is 1. The summed E-state index contributed by atoms with van der Waals surface area (Å²) in [5, 5.41) is 0.528. The largest absolute Gasteiger partial charge is 0.478 e. The minimum absolute atomic E-state index is 0.0614. The van der Waals surface area contributed by atoms with E-state index in [4.69, 9.17) is 13.9 Å². The van der Waals surface area contributed by atoms with E-state index in [0.29, 0.717) is 30.4 Å². The molecule has 1 aromatic carbocycles. The number of benzene rings is 1. The van der Waals surface area contributed by atoms with Crippen molar-refractivity contribution in [1.29, 1.82) is 0 Å². The standard InChI is InChI=1S/C33H43F2NO5/c1-23(2)15-16-33(3,4)32(38)40-18-12-10-8-6-5-7-9-11-17-39-29-14-13-24-21-28(31(37)41-30(24)36-29)25-19-26(34)22-27(35)20-25/h13-14,19-23H,5-12,15-18H2,1-4H3. The molecule has 0 saturated carbocycles. The molecule has 0 radical (unpaired) electrons. The monoisotopic (exact) mass is 571 g/mol. The van der Waals surface area contributed by atoms with Crippen molar-refractivity contribution >= 4 is 17.1 Å². The van der Waals surface area contributed by atoms with Gasteiger partial charge in [0.1, 0.15) is 11.6 Å². The second kappa shape index (κ2) is 15.6. The molecule has 41 heavy (non-hydrogen) atoms. The van der Waals surface area contributed by atoms with E-state index < -0.39 is 22.7 Å². The maximum absolute atomic E-state index is 13.6. The number of ether oxygens (including phenoxy) is 2. The normalized spacial score (nSPS) is 11.8. The summed E-state index contributed by atoms with van der Waals surface area (Å²) in [6.07, 6.45) is 10.3. The lowest BCUT2D eigenvalue weighted by molar-refractivity contribution is -0.154. The molecule has 2 aromatic heterocycles. The van der Waals surface area contributed by atoms with E-state index in [1.165, 1.54) is 6.07 Å². The summed E-state index contributed by atoms with van der Waals surface area (Å²) in [6.45, 7) is 9.28. The van der Waals surface area contributed by atoms with Crippen molar-refractivity contribution in [1.82, 2.24) is 4.98 Å². The molecule has 3 rings (SSSR count). The number of pyridine rings is 1. The van der Waals surface area contributed by atoms with E-state index in [1.807, 2.05) is 13.8 Å². The molecule has 0 saturated heterocycles. The number of carbonyl (C=O) groups excluding carboxylic acids is 1. The van der Waals surface area contributed by atoms with Gasteiger partial charge in [0.05, 0.1) is 24.2 Å². The van der Waals surface area contributed by atoms with E-state index in [9.17, 15) is 18.4 Å². The van der Waals surface area contributed by atoms with Crippen LogP contribution < -0.4 is 10.4 Å². The third-order valence-electron chi connectivity index (χ3n) is 7.17. The van der Waals surface area contributed by atoms with Gasteiger partial charge in [-0.05, 0) is 75.3 Å². The third-order valence-corrected chi connectivity index (χ3v) is 7.17. The lowest BCUT2D eigenvalue weighted by Gasteiger charge is -2.23. The molecule has 0 bridgehead atoms. The Bertz CT molecular complexity index is 1310. The Balaban J connectivity index is 1.28. The third kappa shape index (κ3) is 10.6. The van der Waals surface area contributed by atoms with Crippen LogP contribution in [0, 0.1) is 23.0 Å². The van der Waals surface area contributed by atoms with Gasteiger partial charge in [0.2, 0.25) is 11.6 Å². The van der Waals surface area contributed by atoms with Crippen LogP contribution in [0.25, 0.3) is 22.2 Å². The van der Waals surface area contributed by atoms with Crippen LogP contribution in [0.5, 0.6) is 5.88 Å². The number of hydrogen-bond acceptors (Lipinski definition) is 6. The molecule has 0 aliphatic carbocycles. The Hall–Kier alpha value is -3.29. The average molecular weight is 572 g/mol. The van der Waals surface area contributed by atoms with E-state index in [1.54, 1.807) is 12.1 Å². The fourth-order valence-electron chi connectivity index (χ4n) is 4.53. The first-order valence-corrected chi connectivity index (χ1v) is 14.8. The van der Waals surface area contributed by atoms with Crippen molar-refractivity contribution in [2.45, 2.75) is 91.9 Å². The summed E-state index contributed by atoms with van der Waals surface area (Å²) in [4.78, 5) is 29.0. The number of nitrogens with zero attached hydrogens (tertiary/aromatic N) is 1. The van der Waals surface area contributed by atoms with Crippen molar-refractivity contribution in [3.8, 4) is 17.0 Å². The van der Waals surface area contributed by atoms with Gasteiger partial charge >= 0.3 is 11.6 Å². The maximum atomic E-state index is 13.6. The molecule has 224 valence electrons. The number of unbranched alkanes of at least 4 members (excludes halogenated alkanes) is 7. The zero-order valence-electron chi connectivity index (χ0n) is 24.8. The molecule has 0 N–H and O–H groups in total. The van der Waals surface area contributed by atoms with Crippen molar-refractivity contribution in [2.24, 2.45) is 11.3 Å². The predicted molar refractivity (Wildman–Crippen MR) is 157 cm³/mol. The zero-order valence-corrected chi connectivity index (χ0v) is 24.8. The van der Waals surface area contributed by atoms with Crippen LogP contribution in [0.1, 0.15) is 91.9 Å². The molecule has 0 aliphatic heterocycles. The highest BCUT2D eigenvalue weighted by Gasteiger charge is 2.29. The fraction of sp³-hybridized carbons (Fsp3) is 0.545. The Morgan fingerprint density at radius 3 is 2.15 bits per heavy atom. The summed E-state index contributed by atoms with van der Waals surface area (Å²) in [7, 11) is 0. The van der Waals surface area contributed by atoms with Gasteiger partial charge in [-0.3, -0.25) is 4.79 Å². The quantitative estimate of drug-likeness (QED) is 0.119. The number of hydrogen-bond donors (Lipinski definition) is 0. The minimum atomic E-state index is -0.770. The van der Waals surface area contributed by atoms with Crippen molar-refractivity contribution < 1.29 is 27.5 Å². The first-order valence-electron chi connectivity index (χ1n) is 14.8. The molecule has 3 aromatic rings. The molecular weight excluding hydrogens is 528 g/mol. The first kappa shape index (κ1) is 32.2. The van der Waals surface area contributed by atoms with Crippen LogP contribution in [-0.4, -0.2) is 24.2 Å². The molecule has 6 nitrogen and oxygen atoms in total. The van der Waals surface area contributed by atoms with Gasteiger partial charge in [-0.2, -0.15) is 4.98 Å². The smallest absolute Gasteiger partial charge is 0.345 e. The Labute approximate surface area is 241 Å².